The molecule has 4 nitrogen and oxygen atoms in total. The van der Waals surface area contributed by atoms with Gasteiger partial charge in [0.05, 0.1) is 18.9 Å². The zero-order chi connectivity index (χ0) is 18.1. The zero-order valence-corrected chi connectivity index (χ0v) is 13.7. The molecule has 24 heavy (non-hydrogen) atoms. The first kappa shape index (κ1) is 20.0. The van der Waals surface area contributed by atoms with E-state index in [2.05, 4.69) is 11.7 Å². The molecule has 0 bridgehead atoms. The van der Waals surface area contributed by atoms with Gasteiger partial charge in [0.25, 0.3) is 0 Å². The smallest absolute Gasteiger partial charge is 0.311 e. The van der Waals surface area contributed by atoms with Crippen LogP contribution in [0.1, 0.15) is 52.4 Å². The molecule has 7 heteroatoms. The van der Waals surface area contributed by atoms with Crippen molar-refractivity contribution in [2.75, 3.05) is 0 Å². The SMILES string of the molecule is CCCCCC(C)OC(=O)CCC(=O)Oc1ccc(F)c(F)c1F. The van der Waals surface area contributed by atoms with Crippen molar-refractivity contribution in [1.82, 2.24) is 0 Å². The van der Waals surface area contributed by atoms with Gasteiger partial charge < -0.3 is 9.47 Å². The van der Waals surface area contributed by atoms with Crippen molar-refractivity contribution in [2.45, 2.75) is 58.5 Å². The molecule has 0 aliphatic carbocycles. The van der Waals surface area contributed by atoms with Gasteiger partial charge in [-0.1, -0.05) is 19.8 Å². The third kappa shape index (κ3) is 6.60. The van der Waals surface area contributed by atoms with Crippen LogP contribution in [0.5, 0.6) is 5.75 Å². The summed E-state index contributed by atoms with van der Waals surface area (Å²) in [6.07, 6.45) is 2.97. The molecule has 1 aromatic rings. The fraction of sp³-hybridized carbons (Fsp3) is 0.529. The van der Waals surface area contributed by atoms with Gasteiger partial charge in [-0.25, -0.2) is 8.78 Å². The molecular weight excluding hydrogens is 325 g/mol. The van der Waals surface area contributed by atoms with Crippen LogP contribution in [0.2, 0.25) is 0 Å². The first-order valence-electron chi connectivity index (χ1n) is 7.88. The van der Waals surface area contributed by atoms with E-state index in [1.807, 2.05) is 0 Å². The van der Waals surface area contributed by atoms with Gasteiger partial charge in [0, 0.05) is 0 Å². The maximum atomic E-state index is 13.4. The number of esters is 2. The van der Waals surface area contributed by atoms with Gasteiger partial charge in [-0.2, -0.15) is 4.39 Å². The number of carbonyl (C=O) groups is 2. The van der Waals surface area contributed by atoms with Crippen LogP contribution in [-0.2, 0) is 14.3 Å². The third-order valence-corrected chi connectivity index (χ3v) is 3.30. The molecule has 0 aliphatic rings. The van der Waals surface area contributed by atoms with Crippen molar-refractivity contribution < 1.29 is 32.2 Å². The van der Waals surface area contributed by atoms with E-state index in [1.165, 1.54) is 0 Å². The summed E-state index contributed by atoms with van der Waals surface area (Å²) in [4.78, 5) is 23.1. The Labute approximate surface area is 138 Å². The van der Waals surface area contributed by atoms with Crippen molar-refractivity contribution in [2.24, 2.45) is 0 Å². The van der Waals surface area contributed by atoms with E-state index in [-0.39, 0.29) is 18.9 Å². The topological polar surface area (TPSA) is 52.6 Å². The maximum Gasteiger partial charge on any atom is 0.311 e. The van der Waals surface area contributed by atoms with Crippen LogP contribution < -0.4 is 4.74 Å². The molecular formula is C17H21F3O4. The molecule has 0 saturated heterocycles. The predicted molar refractivity (Wildman–Crippen MR) is 80.9 cm³/mol. The lowest BCUT2D eigenvalue weighted by atomic mass is 10.1. The predicted octanol–water partition coefficient (Wildman–Crippen LogP) is 4.30. The molecule has 134 valence electrons. The van der Waals surface area contributed by atoms with E-state index < -0.39 is 35.1 Å². The number of ether oxygens (including phenoxy) is 2. The van der Waals surface area contributed by atoms with Crippen LogP contribution in [0.15, 0.2) is 12.1 Å². The van der Waals surface area contributed by atoms with Crippen LogP contribution in [0.4, 0.5) is 13.2 Å². The van der Waals surface area contributed by atoms with Crippen molar-refractivity contribution in [3.63, 3.8) is 0 Å². The van der Waals surface area contributed by atoms with Gasteiger partial charge in [-0.05, 0) is 31.9 Å². The molecule has 0 radical (unpaired) electrons. The highest BCUT2D eigenvalue weighted by Crippen LogP contribution is 2.22. The average Bonchev–Trinajstić information content (AvgIpc) is 2.54. The van der Waals surface area contributed by atoms with Crippen molar-refractivity contribution in [3.8, 4) is 5.75 Å². The summed E-state index contributed by atoms with van der Waals surface area (Å²) >= 11 is 0. The first-order valence-corrected chi connectivity index (χ1v) is 7.88. The Morgan fingerprint density at radius 3 is 2.38 bits per heavy atom. The molecule has 0 N–H and O–H groups in total. The summed E-state index contributed by atoms with van der Waals surface area (Å²) < 4.78 is 48.8. The van der Waals surface area contributed by atoms with Gasteiger partial charge in [0.1, 0.15) is 0 Å². The molecule has 0 fully saturated rings. The summed E-state index contributed by atoms with van der Waals surface area (Å²) in [5, 5.41) is 0. The van der Waals surface area contributed by atoms with Crippen LogP contribution in [0.3, 0.4) is 0 Å². The Hall–Kier alpha value is -2.05. The van der Waals surface area contributed by atoms with Crippen LogP contribution >= 0.6 is 0 Å². The lowest BCUT2D eigenvalue weighted by Crippen LogP contribution is -2.17. The number of hydrogen-bond acceptors (Lipinski definition) is 4. The minimum atomic E-state index is -1.72. The zero-order valence-electron chi connectivity index (χ0n) is 13.7. The number of halogens is 3. The van der Waals surface area contributed by atoms with E-state index in [0.717, 1.165) is 31.7 Å². The Balaban J connectivity index is 2.38. The molecule has 1 unspecified atom stereocenters. The minimum absolute atomic E-state index is 0.234. The van der Waals surface area contributed by atoms with E-state index in [1.54, 1.807) is 6.92 Å². The maximum absolute atomic E-state index is 13.4. The molecule has 0 aromatic heterocycles. The Kier molecular flexibility index (Phi) is 8.29. The highest BCUT2D eigenvalue weighted by molar-refractivity contribution is 5.79. The number of carbonyl (C=O) groups excluding carboxylic acids is 2. The fourth-order valence-electron chi connectivity index (χ4n) is 1.99. The summed E-state index contributed by atoms with van der Waals surface area (Å²) in [6.45, 7) is 3.83. The van der Waals surface area contributed by atoms with E-state index in [0.29, 0.717) is 6.07 Å². The average molecular weight is 346 g/mol. The quantitative estimate of drug-likeness (QED) is 0.289. The minimum Gasteiger partial charge on any atom is -0.463 e. The van der Waals surface area contributed by atoms with Crippen LogP contribution in [0.25, 0.3) is 0 Å². The normalized spacial score (nSPS) is 11.9. The van der Waals surface area contributed by atoms with Crippen molar-refractivity contribution >= 4 is 11.9 Å². The highest BCUT2D eigenvalue weighted by atomic mass is 19.2. The standard InChI is InChI=1S/C17H21F3O4/c1-3-4-5-6-11(2)23-14(21)9-10-15(22)24-13-8-7-12(18)16(19)17(13)20/h7-8,11H,3-6,9-10H2,1-2H3. The lowest BCUT2D eigenvalue weighted by Gasteiger charge is -2.12. The summed E-state index contributed by atoms with van der Waals surface area (Å²) in [5.74, 6) is -6.92. The van der Waals surface area contributed by atoms with Gasteiger partial charge in [-0.3, -0.25) is 9.59 Å². The van der Waals surface area contributed by atoms with Crippen molar-refractivity contribution in [3.05, 3.63) is 29.6 Å². The fourth-order valence-corrected chi connectivity index (χ4v) is 1.99. The lowest BCUT2D eigenvalue weighted by molar-refractivity contribution is -0.151. The second kappa shape index (κ2) is 9.95. The summed E-state index contributed by atoms with van der Waals surface area (Å²) in [6, 6.07) is 1.45. The largest absolute Gasteiger partial charge is 0.463 e. The molecule has 0 amide bonds. The van der Waals surface area contributed by atoms with E-state index in [4.69, 9.17) is 4.74 Å². The number of rotatable bonds is 9. The molecule has 1 atom stereocenters. The summed E-state index contributed by atoms with van der Waals surface area (Å²) in [7, 11) is 0. The molecule has 0 spiro atoms. The number of benzene rings is 1. The van der Waals surface area contributed by atoms with Crippen LogP contribution in [0, 0.1) is 17.5 Å². The molecule has 1 aromatic carbocycles. The van der Waals surface area contributed by atoms with Gasteiger partial charge in [-0.15, -0.1) is 0 Å². The van der Waals surface area contributed by atoms with Gasteiger partial charge >= 0.3 is 11.9 Å². The number of hydrogen-bond donors (Lipinski definition) is 0. The van der Waals surface area contributed by atoms with Crippen LogP contribution in [-0.4, -0.2) is 18.0 Å². The second-order valence-electron chi connectivity index (χ2n) is 5.44. The first-order chi connectivity index (χ1) is 11.3. The van der Waals surface area contributed by atoms with E-state index in [9.17, 15) is 22.8 Å². The monoisotopic (exact) mass is 346 g/mol. The highest BCUT2D eigenvalue weighted by Gasteiger charge is 2.18. The van der Waals surface area contributed by atoms with Gasteiger partial charge in [0.2, 0.25) is 5.82 Å². The third-order valence-electron chi connectivity index (χ3n) is 3.30. The van der Waals surface area contributed by atoms with E-state index >= 15 is 0 Å². The Morgan fingerprint density at radius 2 is 1.71 bits per heavy atom. The summed E-state index contributed by atoms with van der Waals surface area (Å²) in [5.41, 5.74) is 0. The molecule has 0 saturated carbocycles. The van der Waals surface area contributed by atoms with Crippen molar-refractivity contribution in [1.29, 1.82) is 0 Å². The number of unbranched alkanes of at least 4 members (excludes halogenated alkanes) is 2. The molecule has 0 heterocycles. The Morgan fingerprint density at radius 1 is 1.04 bits per heavy atom. The van der Waals surface area contributed by atoms with Gasteiger partial charge in [0.15, 0.2) is 17.4 Å². The molecule has 0 aliphatic heterocycles. The Bertz CT molecular complexity index is 575. The second-order valence-corrected chi connectivity index (χ2v) is 5.44. The molecule has 1 rings (SSSR count).